The van der Waals surface area contributed by atoms with Crippen LogP contribution in [0.5, 0.6) is 11.5 Å². The van der Waals surface area contributed by atoms with Gasteiger partial charge in [-0.2, -0.15) is 0 Å². The van der Waals surface area contributed by atoms with Gasteiger partial charge in [0.1, 0.15) is 0 Å². The maximum Gasteiger partial charge on any atom is 0.158 e. The van der Waals surface area contributed by atoms with Gasteiger partial charge in [0.15, 0.2) is 11.5 Å². The standard InChI is InChI=1S/C24H12O2/c25-23-15-21-13-11-19-7-3-1-5-17(19)9-10-18-6-2-4-8-20(18)12-14-22(21)16-24(23)26/h1-8,15-16,25-26H. The minimum atomic E-state index is -0.222. The Bertz CT molecular complexity index is 1120. The highest BCUT2D eigenvalue weighted by molar-refractivity contribution is 5.63. The van der Waals surface area contributed by atoms with Gasteiger partial charge in [-0.05, 0) is 24.3 Å². The lowest BCUT2D eigenvalue weighted by atomic mass is 10.0. The third kappa shape index (κ3) is 2.99. The summed E-state index contributed by atoms with van der Waals surface area (Å²) < 4.78 is 0. The second-order valence-corrected chi connectivity index (χ2v) is 5.73. The smallest absolute Gasteiger partial charge is 0.158 e. The summed E-state index contributed by atoms with van der Waals surface area (Å²) in [6.45, 7) is 0. The van der Waals surface area contributed by atoms with Crippen molar-refractivity contribution >= 4 is 0 Å². The van der Waals surface area contributed by atoms with Gasteiger partial charge in [0.2, 0.25) is 0 Å². The lowest BCUT2D eigenvalue weighted by Crippen LogP contribution is -1.89. The van der Waals surface area contributed by atoms with Gasteiger partial charge in [-0.1, -0.05) is 59.8 Å². The van der Waals surface area contributed by atoms with Crippen LogP contribution < -0.4 is 0 Å². The van der Waals surface area contributed by atoms with E-state index in [0.29, 0.717) is 11.1 Å². The Kier molecular flexibility index (Phi) is 3.83. The molecule has 1 aliphatic carbocycles. The first kappa shape index (κ1) is 15.5. The molecule has 0 spiro atoms. The van der Waals surface area contributed by atoms with Crippen LogP contribution in [0.2, 0.25) is 0 Å². The molecule has 0 aliphatic heterocycles. The van der Waals surface area contributed by atoms with E-state index in [4.69, 9.17) is 0 Å². The maximum absolute atomic E-state index is 9.83. The first-order valence-corrected chi connectivity index (χ1v) is 8.01. The number of rotatable bonds is 0. The van der Waals surface area contributed by atoms with E-state index in [1.807, 2.05) is 48.5 Å². The second kappa shape index (κ2) is 6.45. The van der Waals surface area contributed by atoms with E-state index in [1.165, 1.54) is 12.1 Å². The minimum absolute atomic E-state index is 0.222. The molecule has 2 N–H and O–H groups in total. The molecule has 3 aromatic rings. The summed E-state index contributed by atoms with van der Waals surface area (Å²) in [7, 11) is 0. The zero-order chi connectivity index (χ0) is 17.9. The predicted molar refractivity (Wildman–Crippen MR) is 101 cm³/mol. The van der Waals surface area contributed by atoms with Crippen molar-refractivity contribution in [2.24, 2.45) is 0 Å². The highest BCUT2D eigenvalue weighted by atomic mass is 16.3. The number of fused-ring (bicyclic) bond motifs is 3. The van der Waals surface area contributed by atoms with Crippen molar-refractivity contribution in [3.05, 3.63) is 94.0 Å². The lowest BCUT2D eigenvalue weighted by molar-refractivity contribution is 0.403. The molecule has 0 fully saturated rings. The number of hydrogen-bond acceptors (Lipinski definition) is 2. The topological polar surface area (TPSA) is 40.5 Å². The highest BCUT2D eigenvalue weighted by Gasteiger charge is 2.06. The summed E-state index contributed by atoms with van der Waals surface area (Å²) in [5, 5.41) is 19.7. The SMILES string of the molecule is Oc1cc2c(cc1O)C#Cc1ccccc1C#Cc1ccccc1C#C2. The molecule has 1 aliphatic rings. The zero-order valence-corrected chi connectivity index (χ0v) is 13.7. The van der Waals surface area contributed by atoms with Crippen molar-refractivity contribution in [2.75, 3.05) is 0 Å². The van der Waals surface area contributed by atoms with Crippen molar-refractivity contribution in [3.63, 3.8) is 0 Å². The summed E-state index contributed by atoms with van der Waals surface area (Å²) in [5.41, 5.74) is 4.34. The Hall–Kier alpha value is -4.06. The summed E-state index contributed by atoms with van der Waals surface area (Å²) in [5.74, 6) is 18.2. The van der Waals surface area contributed by atoms with Gasteiger partial charge in [0.05, 0.1) is 0 Å². The van der Waals surface area contributed by atoms with Crippen LogP contribution in [0.4, 0.5) is 0 Å². The van der Waals surface area contributed by atoms with E-state index in [-0.39, 0.29) is 11.5 Å². The third-order valence-corrected chi connectivity index (χ3v) is 3.96. The summed E-state index contributed by atoms with van der Waals surface area (Å²) in [6, 6.07) is 18.2. The van der Waals surface area contributed by atoms with Crippen LogP contribution in [0.15, 0.2) is 60.7 Å². The van der Waals surface area contributed by atoms with Crippen LogP contribution in [0.1, 0.15) is 33.4 Å². The average Bonchev–Trinajstić information content (AvgIpc) is 2.66. The fourth-order valence-corrected chi connectivity index (χ4v) is 2.59. The molecule has 0 heterocycles. The van der Waals surface area contributed by atoms with Crippen LogP contribution >= 0.6 is 0 Å². The maximum atomic E-state index is 9.83. The Labute approximate surface area is 151 Å². The van der Waals surface area contributed by atoms with E-state index in [1.54, 1.807) is 0 Å². The Morgan fingerprint density at radius 1 is 0.423 bits per heavy atom. The molecule has 4 rings (SSSR count). The molecule has 26 heavy (non-hydrogen) atoms. The molecule has 0 unspecified atom stereocenters. The van der Waals surface area contributed by atoms with Gasteiger partial charge in [-0.25, -0.2) is 0 Å². The van der Waals surface area contributed by atoms with E-state index < -0.39 is 0 Å². The molecule has 120 valence electrons. The summed E-state index contributed by atoms with van der Waals surface area (Å²) in [6.07, 6.45) is 0. The number of aromatic hydroxyl groups is 2. The van der Waals surface area contributed by atoms with E-state index in [0.717, 1.165) is 22.3 Å². The molecule has 0 bridgehead atoms. The van der Waals surface area contributed by atoms with Crippen LogP contribution in [-0.2, 0) is 0 Å². The first-order chi connectivity index (χ1) is 12.7. The molecular formula is C24H12O2. The van der Waals surface area contributed by atoms with Gasteiger partial charge in [-0.15, -0.1) is 0 Å². The van der Waals surface area contributed by atoms with Gasteiger partial charge in [0.25, 0.3) is 0 Å². The van der Waals surface area contributed by atoms with Crippen molar-refractivity contribution in [2.45, 2.75) is 0 Å². The quantitative estimate of drug-likeness (QED) is 0.381. The van der Waals surface area contributed by atoms with Crippen LogP contribution in [0.25, 0.3) is 0 Å². The number of phenols is 2. The summed E-state index contributed by atoms with van der Waals surface area (Å²) >= 11 is 0. The van der Waals surface area contributed by atoms with Crippen LogP contribution in [0.3, 0.4) is 0 Å². The normalized spacial score (nSPS) is 10.6. The summed E-state index contributed by atoms with van der Waals surface area (Å²) in [4.78, 5) is 0. The van der Waals surface area contributed by atoms with Gasteiger partial charge in [-0.3, -0.25) is 0 Å². The number of hydrogen-bond donors (Lipinski definition) is 2. The number of benzene rings is 3. The molecule has 0 saturated heterocycles. The molecular weight excluding hydrogens is 320 g/mol. The fraction of sp³-hybridized carbons (Fsp3) is 0. The van der Waals surface area contributed by atoms with Crippen LogP contribution in [-0.4, -0.2) is 10.2 Å². The number of phenolic OH excluding ortho intramolecular Hbond substituents is 2. The Morgan fingerprint density at radius 3 is 1.00 bits per heavy atom. The molecule has 2 nitrogen and oxygen atoms in total. The van der Waals surface area contributed by atoms with E-state index >= 15 is 0 Å². The monoisotopic (exact) mass is 332 g/mol. The minimum Gasteiger partial charge on any atom is -0.504 e. The van der Waals surface area contributed by atoms with Gasteiger partial charge in [0, 0.05) is 45.5 Å². The Morgan fingerprint density at radius 2 is 0.692 bits per heavy atom. The van der Waals surface area contributed by atoms with Crippen molar-refractivity contribution in [1.29, 1.82) is 0 Å². The largest absolute Gasteiger partial charge is 0.504 e. The Balaban J connectivity index is 2.04. The fourth-order valence-electron chi connectivity index (χ4n) is 2.59. The average molecular weight is 332 g/mol. The molecule has 0 aromatic heterocycles. The molecule has 2 heteroatoms. The third-order valence-electron chi connectivity index (χ3n) is 3.96. The molecule has 0 radical (unpaired) electrons. The molecule has 0 atom stereocenters. The molecule has 0 amide bonds. The van der Waals surface area contributed by atoms with E-state index in [2.05, 4.69) is 35.5 Å². The van der Waals surface area contributed by atoms with E-state index in [9.17, 15) is 10.2 Å². The predicted octanol–water partition coefficient (Wildman–Crippen LogP) is 3.61. The molecule has 0 saturated carbocycles. The molecule has 3 aromatic carbocycles. The second-order valence-electron chi connectivity index (χ2n) is 5.73. The van der Waals surface area contributed by atoms with Gasteiger partial charge < -0.3 is 10.2 Å². The van der Waals surface area contributed by atoms with Crippen LogP contribution in [0, 0.1) is 35.5 Å². The zero-order valence-electron chi connectivity index (χ0n) is 13.7. The first-order valence-electron chi connectivity index (χ1n) is 8.01. The van der Waals surface area contributed by atoms with Crippen molar-refractivity contribution < 1.29 is 10.2 Å². The van der Waals surface area contributed by atoms with Crippen molar-refractivity contribution in [3.8, 4) is 47.0 Å². The van der Waals surface area contributed by atoms with Crippen molar-refractivity contribution in [1.82, 2.24) is 0 Å². The lowest BCUT2D eigenvalue weighted by Gasteiger charge is -2.03. The van der Waals surface area contributed by atoms with Gasteiger partial charge >= 0.3 is 0 Å². The highest BCUT2D eigenvalue weighted by Crippen LogP contribution is 2.28.